The van der Waals surface area contributed by atoms with Crippen LogP contribution in [0.15, 0.2) is 103 Å². The molecule has 8 nitrogen and oxygen atoms in total. The first-order valence-corrected chi connectivity index (χ1v) is 12.5. The lowest BCUT2D eigenvalue weighted by Crippen LogP contribution is -2.37. The molecule has 0 heterocycles. The highest BCUT2D eigenvalue weighted by Gasteiger charge is 2.25. The summed E-state index contributed by atoms with van der Waals surface area (Å²) in [6, 6.07) is 30.0. The zero-order valence-electron chi connectivity index (χ0n) is 21.6. The maximum absolute atomic E-state index is 13.7. The van der Waals surface area contributed by atoms with Gasteiger partial charge < -0.3 is 30.9 Å². The predicted molar refractivity (Wildman–Crippen MR) is 152 cm³/mol. The summed E-state index contributed by atoms with van der Waals surface area (Å²) >= 11 is 0. The zero-order chi connectivity index (χ0) is 27.6. The number of amidine groups is 1. The van der Waals surface area contributed by atoms with Gasteiger partial charge in [0.2, 0.25) is 5.91 Å². The molecule has 0 aliphatic heterocycles. The minimum Gasteiger partial charge on any atom is -0.493 e. The minimum atomic E-state index is -0.831. The quantitative estimate of drug-likeness (QED) is 0.136. The van der Waals surface area contributed by atoms with Gasteiger partial charge in [-0.15, -0.1) is 0 Å². The second-order valence-corrected chi connectivity index (χ2v) is 8.91. The van der Waals surface area contributed by atoms with E-state index in [0.717, 1.165) is 11.1 Å². The first-order valence-electron chi connectivity index (χ1n) is 12.5. The number of nitrogen functional groups attached to an aromatic ring is 1. The number of rotatable bonds is 12. The SMILES string of the molecule is COc1cc([C@H](Nc2ccc(C(=N)N)cc2)C(=O)N[C@H](CO)c2ccccc2)ccc1OCc1ccccc1. The molecule has 0 aliphatic carbocycles. The molecule has 0 radical (unpaired) electrons. The fraction of sp³-hybridized carbons (Fsp3) is 0.161. The fourth-order valence-corrected chi connectivity index (χ4v) is 4.11. The number of aliphatic hydroxyl groups is 1. The number of amides is 1. The van der Waals surface area contributed by atoms with Gasteiger partial charge in [0.05, 0.1) is 19.8 Å². The number of hydrogen-bond donors (Lipinski definition) is 5. The Labute approximate surface area is 227 Å². The Morgan fingerprint density at radius 2 is 1.56 bits per heavy atom. The number of nitrogens with one attached hydrogen (secondary N) is 3. The third-order valence-corrected chi connectivity index (χ3v) is 6.23. The van der Waals surface area contributed by atoms with Crippen LogP contribution in [0.5, 0.6) is 11.5 Å². The summed E-state index contributed by atoms with van der Waals surface area (Å²) in [6.45, 7) is 0.113. The van der Waals surface area contributed by atoms with Crippen LogP contribution in [0.2, 0.25) is 0 Å². The van der Waals surface area contributed by atoms with Gasteiger partial charge in [0, 0.05) is 11.3 Å². The molecule has 6 N–H and O–H groups in total. The number of carbonyl (C=O) groups is 1. The zero-order valence-corrected chi connectivity index (χ0v) is 21.6. The van der Waals surface area contributed by atoms with Crippen LogP contribution < -0.4 is 25.8 Å². The van der Waals surface area contributed by atoms with Crippen molar-refractivity contribution in [2.24, 2.45) is 5.73 Å². The van der Waals surface area contributed by atoms with E-state index in [1.165, 1.54) is 0 Å². The van der Waals surface area contributed by atoms with Gasteiger partial charge in [-0.25, -0.2) is 0 Å². The van der Waals surface area contributed by atoms with E-state index in [9.17, 15) is 9.90 Å². The summed E-state index contributed by atoms with van der Waals surface area (Å²) in [7, 11) is 1.55. The van der Waals surface area contributed by atoms with E-state index < -0.39 is 12.1 Å². The minimum absolute atomic E-state index is 0.0414. The maximum atomic E-state index is 13.7. The lowest BCUT2D eigenvalue weighted by atomic mass is 10.0. The van der Waals surface area contributed by atoms with Crippen LogP contribution in [-0.4, -0.2) is 30.6 Å². The summed E-state index contributed by atoms with van der Waals surface area (Å²) in [5.41, 5.74) is 9.27. The van der Waals surface area contributed by atoms with E-state index in [1.807, 2.05) is 60.7 Å². The smallest absolute Gasteiger partial charge is 0.247 e. The van der Waals surface area contributed by atoms with E-state index in [-0.39, 0.29) is 18.3 Å². The number of nitrogens with two attached hydrogens (primary N) is 1. The topological polar surface area (TPSA) is 130 Å². The average molecular weight is 525 g/mol. The Bertz CT molecular complexity index is 1380. The molecular formula is C31H32N4O4. The number of ether oxygens (including phenoxy) is 2. The lowest BCUT2D eigenvalue weighted by molar-refractivity contribution is -0.123. The van der Waals surface area contributed by atoms with Gasteiger partial charge in [0.15, 0.2) is 11.5 Å². The largest absolute Gasteiger partial charge is 0.493 e. The van der Waals surface area contributed by atoms with Crippen molar-refractivity contribution in [3.05, 3.63) is 125 Å². The molecule has 39 heavy (non-hydrogen) atoms. The van der Waals surface area contributed by atoms with Crippen molar-refractivity contribution in [2.45, 2.75) is 18.7 Å². The van der Waals surface area contributed by atoms with Crippen molar-refractivity contribution in [3.63, 3.8) is 0 Å². The van der Waals surface area contributed by atoms with Crippen molar-refractivity contribution >= 4 is 17.4 Å². The molecule has 4 aromatic rings. The molecule has 0 spiro atoms. The molecule has 0 unspecified atom stereocenters. The van der Waals surface area contributed by atoms with Crippen LogP contribution in [0, 0.1) is 5.41 Å². The molecule has 8 heteroatoms. The van der Waals surface area contributed by atoms with Crippen LogP contribution in [-0.2, 0) is 11.4 Å². The summed E-state index contributed by atoms with van der Waals surface area (Å²) in [6.07, 6.45) is 0. The molecule has 4 aromatic carbocycles. The number of hydrogen-bond acceptors (Lipinski definition) is 6. The molecule has 200 valence electrons. The van der Waals surface area contributed by atoms with Crippen LogP contribution in [0.3, 0.4) is 0 Å². The van der Waals surface area contributed by atoms with Gasteiger partial charge in [-0.2, -0.15) is 0 Å². The van der Waals surface area contributed by atoms with Gasteiger partial charge in [-0.1, -0.05) is 66.7 Å². The maximum Gasteiger partial charge on any atom is 0.247 e. The Kier molecular flexibility index (Phi) is 9.16. The Balaban J connectivity index is 1.61. The molecule has 0 aromatic heterocycles. The van der Waals surface area contributed by atoms with Gasteiger partial charge in [0.1, 0.15) is 18.5 Å². The van der Waals surface area contributed by atoms with Crippen molar-refractivity contribution < 1.29 is 19.4 Å². The van der Waals surface area contributed by atoms with E-state index in [0.29, 0.717) is 34.9 Å². The van der Waals surface area contributed by atoms with E-state index in [4.69, 9.17) is 20.6 Å². The second kappa shape index (κ2) is 13.1. The number of aliphatic hydroxyl groups excluding tert-OH is 1. The van der Waals surface area contributed by atoms with Gasteiger partial charge in [0.25, 0.3) is 0 Å². The third kappa shape index (κ3) is 7.15. The first kappa shape index (κ1) is 27.2. The molecule has 0 saturated heterocycles. The number of methoxy groups -OCH3 is 1. The molecular weight excluding hydrogens is 492 g/mol. The van der Waals surface area contributed by atoms with Gasteiger partial charge in [-0.05, 0) is 53.1 Å². The van der Waals surface area contributed by atoms with Crippen molar-refractivity contribution in [2.75, 3.05) is 19.0 Å². The second-order valence-electron chi connectivity index (χ2n) is 8.91. The molecule has 0 fully saturated rings. The standard InChI is InChI=1S/C31H32N4O4/c1-38-28-18-24(14-17-27(28)39-20-21-8-4-2-5-9-21)29(34-25-15-12-23(13-16-25)30(32)33)31(37)35-26(19-36)22-10-6-3-7-11-22/h2-18,26,29,34,36H,19-20H2,1H3,(H3,32,33)(H,35,37)/t26-,29+/m1/s1. The van der Waals surface area contributed by atoms with Crippen LogP contribution >= 0.6 is 0 Å². The summed E-state index contributed by atoms with van der Waals surface area (Å²) < 4.78 is 11.6. The Morgan fingerprint density at radius 1 is 0.897 bits per heavy atom. The highest BCUT2D eigenvalue weighted by atomic mass is 16.5. The summed E-state index contributed by atoms with van der Waals surface area (Å²) in [4.78, 5) is 13.7. The highest BCUT2D eigenvalue weighted by molar-refractivity contribution is 5.95. The van der Waals surface area contributed by atoms with Crippen LogP contribution in [0.1, 0.15) is 34.3 Å². The lowest BCUT2D eigenvalue weighted by Gasteiger charge is -2.24. The fourth-order valence-electron chi connectivity index (χ4n) is 4.11. The van der Waals surface area contributed by atoms with Crippen LogP contribution in [0.25, 0.3) is 0 Å². The Hall–Kier alpha value is -4.82. The molecule has 0 saturated carbocycles. The van der Waals surface area contributed by atoms with Gasteiger partial charge >= 0.3 is 0 Å². The Morgan fingerprint density at radius 3 is 2.18 bits per heavy atom. The van der Waals surface area contributed by atoms with E-state index >= 15 is 0 Å². The number of carbonyl (C=O) groups excluding carboxylic acids is 1. The third-order valence-electron chi connectivity index (χ3n) is 6.23. The number of benzene rings is 4. The monoisotopic (exact) mass is 524 g/mol. The average Bonchev–Trinajstić information content (AvgIpc) is 2.98. The highest BCUT2D eigenvalue weighted by Crippen LogP contribution is 2.33. The summed E-state index contributed by atoms with van der Waals surface area (Å²) in [5, 5.41) is 23.9. The van der Waals surface area contributed by atoms with Gasteiger partial charge in [-0.3, -0.25) is 10.2 Å². The molecule has 0 aliphatic rings. The van der Waals surface area contributed by atoms with Crippen LogP contribution in [0.4, 0.5) is 5.69 Å². The molecule has 4 rings (SSSR count). The summed E-state index contributed by atoms with van der Waals surface area (Å²) in [5.74, 6) is 0.651. The first-order chi connectivity index (χ1) is 19.0. The van der Waals surface area contributed by atoms with E-state index in [2.05, 4.69) is 10.6 Å². The molecule has 2 atom stereocenters. The molecule has 1 amide bonds. The predicted octanol–water partition coefficient (Wildman–Crippen LogP) is 4.56. The number of anilines is 1. The molecule has 0 bridgehead atoms. The van der Waals surface area contributed by atoms with Crippen molar-refractivity contribution in [3.8, 4) is 11.5 Å². The van der Waals surface area contributed by atoms with Crippen molar-refractivity contribution in [1.29, 1.82) is 5.41 Å². The van der Waals surface area contributed by atoms with Crippen molar-refractivity contribution in [1.82, 2.24) is 5.32 Å². The van der Waals surface area contributed by atoms with E-state index in [1.54, 1.807) is 49.6 Å². The normalized spacial score (nSPS) is 12.2.